The molecule has 0 saturated heterocycles. The lowest BCUT2D eigenvalue weighted by Crippen LogP contribution is -2.14. The molecule has 7 aromatic rings. The monoisotopic (exact) mass is 657 g/mol. The van der Waals surface area contributed by atoms with Crippen LogP contribution in [0.1, 0.15) is 35.1 Å². The van der Waals surface area contributed by atoms with Gasteiger partial charge in [-0.3, -0.25) is 4.99 Å². The molecule has 1 aliphatic rings. The molecule has 246 valence electrons. The Morgan fingerprint density at radius 1 is 0.647 bits per heavy atom. The molecule has 0 spiro atoms. The molecule has 0 amide bonds. The SMILES string of the molecule is CC1C(c2ccccc2)=C(N=CC=C(C=C(N)c2ccccc2)c2ccccc2)C=CC1c1ccc2c(c1)c1ccccc1n2-c1ccccc1. The predicted octanol–water partition coefficient (Wildman–Crippen LogP) is 11.6. The molecule has 2 unspecified atom stereocenters. The molecule has 0 saturated carbocycles. The van der Waals surface area contributed by atoms with Crippen molar-refractivity contribution in [1.82, 2.24) is 4.57 Å². The molecule has 8 rings (SSSR count). The Bertz CT molecular complexity index is 2460. The van der Waals surface area contributed by atoms with Crippen LogP contribution in [-0.4, -0.2) is 10.8 Å². The second kappa shape index (κ2) is 14.2. The Hall–Kier alpha value is -6.45. The fraction of sp³-hybridized carbons (Fsp3) is 0.0625. The van der Waals surface area contributed by atoms with Crippen molar-refractivity contribution in [2.24, 2.45) is 16.6 Å². The number of hydrogen-bond donors (Lipinski definition) is 1. The molecule has 1 aliphatic carbocycles. The summed E-state index contributed by atoms with van der Waals surface area (Å²) in [5.41, 5.74) is 18.6. The van der Waals surface area contributed by atoms with E-state index in [1.54, 1.807) is 0 Å². The topological polar surface area (TPSA) is 43.3 Å². The standard InChI is InChI=1S/C48H39N3/c1-34-41(39-26-29-47-43(32-39)42-24-14-15-25-46(42)51(47)40-22-12-5-13-23-40)27-28-45(48(34)37-20-10-4-11-21-37)50-31-30-38(35-16-6-2-7-17-35)33-44(49)36-18-8-3-9-19-36/h2-34,41H,49H2,1H3. The second-order valence-electron chi connectivity index (χ2n) is 13.0. The molecule has 0 bridgehead atoms. The van der Waals surface area contributed by atoms with Gasteiger partial charge in [-0.1, -0.05) is 146 Å². The zero-order chi connectivity index (χ0) is 34.6. The highest BCUT2D eigenvalue weighted by Crippen LogP contribution is 2.44. The van der Waals surface area contributed by atoms with Gasteiger partial charge < -0.3 is 10.3 Å². The average molecular weight is 658 g/mol. The first-order valence-electron chi connectivity index (χ1n) is 17.5. The number of allylic oxidation sites excluding steroid dienone is 6. The van der Waals surface area contributed by atoms with Crippen molar-refractivity contribution in [1.29, 1.82) is 0 Å². The maximum absolute atomic E-state index is 6.58. The van der Waals surface area contributed by atoms with Crippen molar-refractivity contribution < 1.29 is 0 Å². The average Bonchev–Trinajstić information content (AvgIpc) is 3.52. The first kappa shape index (κ1) is 31.8. The Balaban J connectivity index is 1.18. The third-order valence-electron chi connectivity index (χ3n) is 9.91. The van der Waals surface area contributed by atoms with E-state index in [4.69, 9.17) is 10.7 Å². The number of aliphatic imine (C=N–C) groups is 1. The van der Waals surface area contributed by atoms with E-state index >= 15 is 0 Å². The van der Waals surface area contributed by atoms with Crippen LogP contribution in [0.25, 0.3) is 44.3 Å². The number of para-hydroxylation sites is 2. The summed E-state index contributed by atoms with van der Waals surface area (Å²) in [6.07, 6.45) is 10.5. The van der Waals surface area contributed by atoms with Crippen molar-refractivity contribution in [3.05, 3.63) is 216 Å². The molecule has 0 aliphatic heterocycles. The van der Waals surface area contributed by atoms with Crippen molar-refractivity contribution in [2.75, 3.05) is 0 Å². The van der Waals surface area contributed by atoms with Gasteiger partial charge in [-0.05, 0) is 87.9 Å². The Labute approximate surface area is 299 Å². The fourth-order valence-corrected chi connectivity index (χ4v) is 7.40. The molecule has 3 heteroatoms. The lowest BCUT2D eigenvalue weighted by molar-refractivity contribution is 0.649. The zero-order valence-electron chi connectivity index (χ0n) is 28.6. The normalized spacial score (nSPS) is 16.8. The van der Waals surface area contributed by atoms with E-state index in [0.29, 0.717) is 5.70 Å². The van der Waals surface area contributed by atoms with Gasteiger partial charge in [-0.2, -0.15) is 0 Å². The maximum Gasteiger partial charge on any atom is 0.0667 e. The van der Waals surface area contributed by atoms with Crippen LogP contribution in [-0.2, 0) is 0 Å². The van der Waals surface area contributed by atoms with Crippen LogP contribution in [0.2, 0.25) is 0 Å². The highest BCUT2D eigenvalue weighted by atomic mass is 15.0. The van der Waals surface area contributed by atoms with Crippen LogP contribution in [0.4, 0.5) is 0 Å². The van der Waals surface area contributed by atoms with Crippen LogP contribution in [0.15, 0.2) is 199 Å². The molecule has 2 N–H and O–H groups in total. The Morgan fingerprint density at radius 3 is 1.98 bits per heavy atom. The first-order valence-corrected chi connectivity index (χ1v) is 17.5. The zero-order valence-corrected chi connectivity index (χ0v) is 28.6. The van der Waals surface area contributed by atoms with Gasteiger partial charge in [-0.15, -0.1) is 0 Å². The van der Waals surface area contributed by atoms with Crippen molar-refractivity contribution >= 4 is 44.9 Å². The minimum atomic E-state index is 0.186. The summed E-state index contributed by atoms with van der Waals surface area (Å²) < 4.78 is 2.37. The summed E-state index contributed by atoms with van der Waals surface area (Å²) >= 11 is 0. The number of rotatable bonds is 8. The molecule has 0 fully saturated rings. The van der Waals surface area contributed by atoms with Crippen LogP contribution in [0, 0.1) is 5.92 Å². The van der Waals surface area contributed by atoms with Crippen molar-refractivity contribution in [2.45, 2.75) is 12.8 Å². The van der Waals surface area contributed by atoms with E-state index in [0.717, 1.165) is 22.4 Å². The fourth-order valence-electron chi connectivity index (χ4n) is 7.40. The molecule has 1 heterocycles. The largest absolute Gasteiger partial charge is 0.398 e. The summed E-state index contributed by atoms with van der Waals surface area (Å²) in [7, 11) is 0. The molecule has 3 nitrogen and oxygen atoms in total. The van der Waals surface area contributed by atoms with Gasteiger partial charge in [0, 0.05) is 34.3 Å². The first-order chi connectivity index (χ1) is 25.2. The van der Waals surface area contributed by atoms with Crippen LogP contribution in [0.5, 0.6) is 0 Å². The predicted molar refractivity (Wildman–Crippen MR) is 217 cm³/mol. The third kappa shape index (κ3) is 6.38. The second-order valence-corrected chi connectivity index (χ2v) is 13.0. The number of benzene rings is 6. The number of fused-ring (bicyclic) bond motifs is 3. The Morgan fingerprint density at radius 2 is 1.25 bits per heavy atom. The van der Waals surface area contributed by atoms with E-state index in [1.807, 2.05) is 60.8 Å². The lowest BCUT2D eigenvalue weighted by Gasteiger charge is -2.29. The van der Waals surface area contributed by atoms with E-state index in [9.17, 15) is 0 Å². The summed E-state index contributed by atoms with van der Waals surface area (Å²) in [5, 5.41) is 2.53. The number of nitrogens with zero attached hydrogens (tertiary/aromatic N) is 2. The van der Waals surface area contributed by atoms with Crippen LogP contribution < -0.4 is 5.73 Å². The molecule has 0 radical (unpaired) electrons. The van der Waals surface area contributed by atoms with Crippen LogP contribution >= 0.6 is 0 Å². The van der Waals surface area contributed by atoms with E-state index < -0.39 is 0 Å². The third-order valence-corrected chi connectivity index (χ3v) is 9.91. The minimum Gasteiger partial charge on any atom is -0.398 e. The molecule has 1 aromatic heterocycles. The van der Waals surface area contributed by atoms with Crippen LogP contribution in [0.3, 0.4) is 0 Å². The smallest absolute Gasteiger partial charge is 0.0667 e. The van der Waals surface area contributed by atoms with Gasteiger partial charge >= 0.3 is 0 Å². The van der Waals surface area contributed by atoms with Gasteiger partial charge in [0.1, 0.15) is 0 Å². The Kier molecular flexibility index (Phi) is 8.84. The number of aromatic nitrogens is 1. The van der Waals surface area contributed by atoms with Crippen molar-refractivity contribution in [3.8, 4) is 5.69 Å². The molecular formula is C48H39N3. The van der Waals surface area contributed by atoms with E-state index in [1.165, 1.54) is 44.2 Å². The minimum absolute atomic E-state index is 0.186. The molecular weight excluding hydrogens is 619 g/mol. The summed E-state index contributed by atoms with van der Waals surface area (Å²) in [6.45, 7) is 2.33. The summed E-state index contributed by atoms with van der Waals surface area (Å²) in [5.74, 6) is 0.377. The van der Waals surface area contributed by atoms with Crippen molar-refractivity contribution in [3.63, 3.8) is 0 Å². The number of nitrogens with two attached hydrogens (primary N) is 1. The maximum atomic E-state index is 6.58. The van der Waals surface area contributed by atoms with E-state index in [2.05, 4.69) is 145 Å². The summed E-state index contributed by atoms with van der Waals surface area (Å²) in [6, 6.07) is 57.4. The lowest BCUT2D eigenvalue weighted by atomic mass is 9.76. The van der Waals surface area contributed by atoms with E-state index in [-0.39, 0.29) is 11.8 Å². The van der Waals surface area contributed by atoms with Gasteiger partial charge in [0.2, 0.25) is 0 Å². The summed E-state index contributed by atoms with van der Waals surface area (Å²) in [4.78, 5) is 5.11. The van der Waals surface area contributed by atoms with Gasteiger partial charge in [0.25, 0.3) is 0 Å². The number of hydrogen-bond acceptors (Lipinski definition) is 2. The quantitative estimate of drug-likeness (QED) is 0.128. The van der Waals surface area contributed by atoms with Gasteiger partial charge in [0.15, 0.2) is 0 Å². The van der Waals surface area contributed by atoms with Gasteiger partial charge in [0.05, 0.1) is 16.7 Å². The highest BCUT2D eigenvalue weighted by Gasteiger charge is 2.28. The molecule has 6 aromatic carbocycles. The molecule has 51 heavy (non-hydrogen) atoms. The molecule has 2 atom stereocenters. The van der Waals surface area contributed by atoms with Gasteiger partial charge in [-0.25, -0.2) is 0 Å². The highest BCUT2D eigenvalue weighted by molar-refractivity contribution is 6.09.